The van der Waals surface area contributed by atoms with Gasteiger partial charge >= 0.3 is 0 Å². The largest absolute Gasteiger partial charge is 0.363 e. The monoisotopic (exact) mass is 315 g/mol. The molecule has 0 amide bonds. The molecule has 1 fully saturated rings. The second kappa shape index (κ2) is 6.91. The molecule has 1 aromatic carbocycles. The normalized spacial score (nSPS) is 15.7. The molecule has 0 unspecified atom stereocenters. The highest BCUT2D eigenvalue weighted by Gasteiger charge is 2.20. The van der Waals surface area contributed by atoms with Crippen LogP contribution in [0.3, 0.4) is 0 Å². The highest BCUT2D eigenvalue weighted by Crippen LogP contribution is 2.16. The lowest BCUT2D eigenvalue weighted by molar-refractivity contribution is 0.245. The molecule has 0 N–H and O–H groups in total. The molecule has 0 saturated carbocycles. The fraction of sp³-hybridized carbons (Fsp3) is 0.412. The number of piperazine rings is 1. The summed E-state index contributed by atoms with van der Waals surface area (Å²) >= 11 is 0. The molecule has 0 aliphatic carbocycles. The number of nitrogens with zero attached hydrogens (tertiary/aromatic N) is 5. The van der Waals surface area contributed by atoms with Gasteiger partial charge in [0.15, 0.2) is 0 Å². The van der Waals surface area contributed by atoms with Gasteiger partial charge in [0.05, 0.1) is 0 Å². The predicted molar refractivity (Wildman–Crippen MR) is 90.2 cm³/mol. The van der Waals surface area contributed by atoms with E-state index >= 15 is 0 Å². The van der Waals surface area contributed by atoms with Crippen LogP contribution in [-0.2, 0) is 6.54 Å². The number of anilines is 2. The van der Waals surface area contributed by atoms with Crippen molar-refractivity contribution in [2.24, 2.45) is 0 Å². The van der Waals surface area contributed by atoms with Gasteiger partial charge in [0.1, 0.15) is 11.6 Å². The Morgan fingerprint density at radius 3 is 2.52 bits per heavy atom. The van der Waals surface area contributed by atoms with Crippen molar-refractivity contribution in [1.29, 1.82) is 0 Å². The van der Waals surface area contributed by atoms with E-state index in [1.165, 1.54) is 6.07 Å². The van der Waals surface area contributed by atoms with Crippen LogP contribution in [0, 0.1) is 5.82 Å². The lowest BCUT2D eigenvalue weighted by atomic mass is 10.2. The van der Waals surface area contributed by atoms with Gasteiger partial charge in [-0.05, 0) is 12.1 Å². The maximum absolute atomic E-state index is 13.7. The lowest BCUT2D eigenvalue weighted by Gasteiger charge is -2.35. The first-order valence-corrected chi connectivity index (χ1v) is 7.84. The Kier molecular flexibility index (Phi) is 4.71. The highest BCUT2D eigenvalue weighted by atomic mass is 19.1. The third-order valence-electron chi connectivity index (χ3n) is 4.09. The van der Waals surface area contributed by atoms with Crippen LogP contribution in [0.25, 0.3) is 0 Å². The maximum atomic E-state index is 13.7. The Hall–Kier alpha value is -2.21. The van der Waals surface area contributed by atoms with Gasteiger partial charge in [-0.3, -0.25) is 4.90 Å². The van der Waals surface area contributed by atoms with Crippen LogP contribution in [0.2, 0.25) is 0 Å². The van der Waals surface area contributed by atoms with Crippen LogP contribution in [-0.4, -0.2) is 55.1 Å². The number of benzene rings is 1. The summed E-state index contributed by atoms with van der Waals surface area (Å²) in [7, 11) is 3.94. The molecule has 0 bridgehead atoms. The first-order valence-electron chi connectivity index (χ1n) is 7.84. The van der Waals surface area contributed by atoms with Crippen LogP contribution in [0.4, 0.5) is 16.2 Å². The van der Waals surface area contributed by atoms with Crippen LogP contribution in [0.15, 0.2) is 36.5 Å². The Morgan fingerprint density at radius 2 is 1.83 bits per heavy atom. The average Bonchev–Trinajstić information content (AvgIpc) is 2.58. The van der Waals surface area contributed by atoms with E-state index in [2.05, 4.69) is 19.8 Å². The molecular weight excluding hydrogens is 293 g/mol. The zero-order valence-electron chi connectivity index (χ0n) is 13.6. The van der Waals surface area contributed by atoms with Gasteiger partial charge in [-0.15, -0.1) is 0 Å². The smallest absolute Gasteiger partial charge is 0.227 e. The summed E-state index contributed by atoms with van der Waals surface area (Å²) in [6.45, 7) is 4.11. The van der Waals surface area contributed by atoms with Gasteiger partial charge in [-0.25, -0.2) is 9.37 Å². The van der Waals surface area contributed by atoms with Crippen molar-refractivity contribution in [2.75, 3.05) is 50.1 Å². The first kappa shape index (κ1) is 15.7. The molecule has 3 rings (SSSR count). The van der Waals surface area contributed by atoms with E-state index < -0.39 is 0 Å². The predicted octanol–water partition coefficient (Wildman–Crippen LogP) is 2.00. The summed E-state index contributed by atoms with van der Waals surface area (Å²) < 4.78 is 13.7. The van der Waals surface area contributed by atoms with Crippen molar-refractivity contribution in [3.8, 4) is 0 Å². The summed E-state index contributed by atoms with van der Waals surface area (Å²) in [6.07, 6.45) is 1.80. The van der Waals surface area contributed by atoms with E-state index in [-0.39, 0.29) is 5.82 Å². The quantitative estimate of drug-likeness (QED) is 0.862. The molecule has 0 spiro atoms. The highest BCUT2D eigenvalue weighted by molar-refractivity contribution is 5.42. The molecule has 6 heteroatoms. The average molecular weight is 315 g/mol. The Labute approximate surface area is 136 Å². The zero-order chi connectivity index (χ0) is 16.2. The second-order valence-corrected chi connectivity index (χ2v) is 5.96. The molecule has 1 aromatic heterocycles. The molecule has 1 aliphatic rings. The number of aromatic nitrogens is 2. The van der Waals surface area contributed by atoms with Gasteiger partial charge in [0, 0.05) is 58.6 Å². The zero-order valence-corrected chi connectivity index (χ0v) is 13.6. The fourth-order valence-electron chi connectivity index (χ4n) is 2.71. The molecule has 1 saturated heterocycles. The Bertz CT molecular complexity index is 653. The van der Waals surface area contributed by atoms with Crippen LogP contribution >= 0.6 is 0 Å². The third-order valence-corrected chi connectivity index (χ3v) is 4.09. The number of halogens is 1. The van der Waals surface area contributed by atoms with E-state index in [0.29, 0.717) is 6.54 Å². The van der Waals surface area contributed by atoms with Crippen molar-refractivity contribution < 1.29 is 4.39 Å². The van der Waals surface area contributed by atoms with Crippen molar-refractivity contribution in [3.63, 3.8) is 0 Å². The second-order valence-electron chi connectivity index (χ2n) is 5.96. The van der Waals surface area contributed by atoms with E-state index in [4.69, 9.17) is 0 Å². The van der Waals surface area contributed by atoms with Crippen LogP contribution in [0.5, 0.6) is 0 Å². The van der Waals surface area contributed by atoms with Crippen LogP contribution < -0.4 is 9.80 Å². The topological polar surface area (TPSA) is 35.5 Å². The van der Waals surface area contributed by atoms with Gasteiger partial charge in [0.2, 0.25) is 5.95 Å². The SMILES string of the molecule is CN(C)c1ccnc(N2CCN(Cc3ccccc3F)CC2)n1. The van der Waals surface area contributed by atoms with Gasteiger partial charge in [-0.1, -0.05) is 18.2 Å². The molecular formula is C17H22FN5. The molecule has 2 aromatic rings. The van der Waals surface area contributed by atoms with Gasteiger partial charge in [0.25, 0.3) is 0 Å². The van der Waals surface area contributed by atoms with E-state index in [1.807, 2.05) is 37.2 Å². The van der Waals surface area contributed by atoms with E-state index in [9.17, 15) is 4.39 Å². The maximum Gasteiger partial charge on any atom is 0.227 e. The number of rotatable bonds is 4. The summed E-state index contributed by atoms with van der Waals surface area (Å²) in [4.78, 5) is 15.4. The molecule has 5 nitrogen and oxygen atoms in total. The summed E-state index contributed by atoms with van der Waals surface area (Å²) in [5.74, 6) is 1.54. The lowest BCUT2D eigenvalue weighted by Crippen LogP contribution is -2.46. The molecule has 0 radical (unpaired) electrons. The Balaban J connectivity index is 1.60. The molecule has 122 valence electrons. The standard InChI is InChI=1S/C17H22FN5/c1-21(2)16-7-8-19-17(20-16)23-11-9-22(10-12-23)13-14-5-3-4-6-15(14)18/h3-8H,9-13H2,1-2H3. The third kappa shape index (κ3) is 3.76. The Morgan fingerprint density at radius 1 is 1.09 bits per heavy atom. The summed E-state index contributed by atoms with van der Waals surface area (Å²) in [5.41, 5.74) is 0.756. The molecule has 0 atom stereocenters. The van der Waals surface area contributed by atoms with Crippen molar-refractivity contribution >= 4 is 11.8 Å². The van der Waals surface area contributed by atoms with Crippen molar-refractivity contribution in [1.82, 2.24) is 14.9 Å². The van der Waals surface area contributed by atoms with E-state index in [0.717, 1.165) is 43.5 Å². The minimum Gasteiger partial charge on any atom is -0.363 e. The minimum absolute atomic E-state index is 0.128. The molecule has 23 heavy (non-hydrogen) atoms. The number of hydrogen-bond acceptors (Lipinski definition) is 5. The van der Waals surface area contributed by atoms with Crippen molar-refractivity contribution in [3.05, 3.63) is 47.9 Å². The fourth-order valence-corrected chi connectivity index (χ4v) is 2.71. The summed E-state index contributed by atoms with van der Waals surface area (Å²) in [5, 5.41) is 0. The molecule has 2 heterocycles. The molecule has 1 aliphatic heterocycles. The first-order chi connectivity index (χ1) is 11.1. The van der Waals surface area contributed by atoms with Crippen LogP contribution in [0.1, 0.15) is 5.56 Å². The van der Waals surface area contributed by atoms with Gasteiger partial charge < -0.3 is 9.80 Å². The summed E-state index contributed by atoms with van der Waals surface area (Å²) in [6, 6.07) is 8.89. The van der Waals surface area contributed by atoms with E-state index in [1.54, 1.807) is 12.3 Å². The number of hydrogen-bond donors (Lipinski definition) is 0. The van der Waals surface area contributed by atoms with Gasteiger partial charge in [-0.2, -0.15) is 4.98 Å². The minimum atomic E-state index is -0.128. The van der Waals surface area contributed by atoms with Crippen molar-refractivity contribution in [2.45, 2.75) is 6.54 Å².